The van der Waals surface area contributed by atoms with Gasteiger partial charge in [-0.3, -0.25) is 0 Å². The highest BCUT2D eigenvalue weighted by atomic mass is 16.3. The Kier molecular flexibility index (Phi) is 2.73. The Hall–Kier alpha value is -5.92. The largest absolute Gasteiger partial charge is 0.456 e. The lowest BCUT2D eigenvalue weighted by Crippen LogP contribution is -1.91. The highest BCUT2D eigenvalue weighted by Gasteiger charge is 2.18. The summed E-state index contributed by atoms with van der Waals surface area (Å²) >= 11 is 0. The smallest absolute Gasteiger partial charge is 0.136 e. The predicted octanol–water partition coefficient (Wildman–Crippen LogP) is 12.6. The molecule has 0 saturated heterocycles. The second-order valence-corrected chi connectivity index (χ2v) is 9.99. The first-order chi connectivity index (χ1) is 31.5. The molecule has 210 valence electrons. The average molecular weight is 595 g/mol. The molecule has 0 bridgehead atoms. The topological polar surface area (TPSA) is 13.1 Å². The summed E-state index contributed by atoms with van der Waals surface area (Å²) in [7, 11) is 0. The van der Waals surface area contributed by atoms with Gasteiger partial charge >= 0.3 is 0 Å². The first kappa shape index (κ1) is 11.9. The van der Waals surface area contributed by atoms with Gasteiger partial charge in [0, 0.05) is 10.8 Å². The Balaban J connectivity index is 1.42. The molecule has 0 N–H and O–H groups in total. The Morgan fingerprint density at radius 1 is 0.356 bits per heavy atom. The van der Waals surface area contributed by atoms with Crippen LogP contribution in [0, 0.1) is 0 Å². The second-order valence-electron chi connectivity index (χ2n) is 9.99. The number of hydrogen-bond donors (Lipinski definition) is 0. The van der Waals surface area contributed by atoms with Gasteiger partial charge in [0.15, 0.2) is 0 Å². The van der Waals surface area contributed by atoms with Crippen LogP contribution >= 0.6 is 0 Å². The van der Waals surface area contributed by atoms with E-state index in [4.69, 9.17) is 29.1 Å². The molecule has 1 heteroatoms. The molecular weight excluding hydrogens is 544 g/mol. The Morgan fingerprint density at radius 3 is 1.69 bits per heavy atom. The Labute approximate surface area is 292 Å². The second kappa shape index (κ2) is 10.4. The van der Waals surface area contributed by atoms with Crippen molar-refractivity contribution in [2.45, 2.75) is 0 Å². The highest BCUT2D eigenvalue weighted by Crippen LogP contribution is 2.45. The van der Waals surface area contributed by atoms with Crippen LogP contribution in [0.2, 0.25) is 0 Å². The van der Waals surface area contributed by atoms with Crippen LogP contribution in [0.15, 0.2) is 174 Å². The molecule has 0 fully saturated rings. The van der Waals surface area contributed by atoms with E-state index in [0.717, 1.165) is 0 Å². The lowest BCUT2D eigenvalue weighted by Gasteiger charge is -2.18. The summed E-state index contributed by atoms with van der Waals surface area (Å²) in [5.74, 6) is 0. The molecular formula is C44H28O. The number of hydrogen-bond acceptors (Lipinski definition) is 1. The van der Waals surface area contributed by atoms with E-state index >= 15 is 0 Å². The third kappa shape index (κ3) is 4.17. The maximum absolute atomic E-state index is 9.54. The molecule has 0 aliphatic heterocycles. The zero-order valence-corrected chi connectivity index (χ0v) is 22.9. The Morgan fingerprint density at radius 2 is 0.911 bits per heavy atom. The lowest BCUT2D eigenvalue weighted by molar-refractivity contribution is 0.669. The summed E-state index contributed by atoms with van der Waals surface area (Å²) in [5, 5.41) is -0.665. The molecule has 9 aromatic rings. The van der Waals surface area contributed by atoms with Crippen molar-refractivity contribution in [1.29, 1.82) is 0 Å². The first-order valence-corrected chi connectivity index (χ1v) is 13.6. The van der Waals surface area contributed by atoms with Crippen molar-refractivity contribution in [2.24, 2.45) is 0 Å². The van der Waals surface area contributed by atoms with Gasteiger partial charge in [-0.15, -0.1) is 0 Å². The van der Waals surface area contributed by atoms with Crippen molar-refractivity contribution in [3.63, 3.8) is 0 Å². The lowest BCUT2D eigenvalue weighted by atomic mass is 9.85. The highest BCUT2D eigenvalue weighted by molar-refractivity contribution is 6.21. The van der Waals surface area contributed by atoms with Crippen LogP contribution in [0.25, 0.3) is 88.0 Å². The number of benzene rings is 8. The molecule has 0 amide bonds. The van der Waals surface area contributed by atoms with E-state index in [1.54, 1.807) is 0 Å². The van der Waals surface area contributed by atoms with E-state index in [1.807, 2.05) is 0 Å². The van der Waals surface area contributed by atoms with E-state index in [9.17, 15) is 5.48 Å². The van der Waals surface area contributed by atoms with Crippen LogP contribution in [0.5, 0.6) is 0 Å². The summed E-state index contributed by atoms with van der Waals surface area (Å²) in [4.78, 5) is 0. The summed E-state index contributed by atoms with van der Waals surface area (Å²) in [6.45, 7) is 0. The molecule has 9 rings (SSSR count). The molecule has 0 aliphatic carbocycles. The molecule has 1 nitrogen and oxygen atoms in total. The van der Waals surface area contributed by atoms with Crippen molar-refractivity contribution in [2.75, 3.05) is 0 Å². The molecule has 0 spiro atoms. The zero-order valence-electron chi connectivity index (χ0n) is 44.9. The first-order valence-electron chi connectivity index (χ1n) is 24.6. The number of rotatable bonds is 4. The van der Waals surface area contributed by atoms with Crippen molar-refractivity contribution >= 4 is 43.5 Å². The van der Waals surface area contributed by atoms with E-state index in [1.165, 1.54) is 36.4 Å². The number of fused-ring (bicyclic) bond motifs is 5. The number of furan rings is 1. The molecule has 8 aromatic carbocycles. The fourth-order valence-electron chi connectivity index (χ4n) is 5.66. The van der Waals surface area contributed by atoms with E-state index in [-0.39, 0.29) is 71.3 Å². The minimum atomic E-state index is -0.864. The van der Waals surface area contributed by atoms with E-state index in [2.05, 4.69) is 0 Å². The minimum absolute atomic E-state index is 0.00480. The van der Waals surface area contributed by atoms with E-state index in [0.29, 0.717) is 0 Å². The summed E-state index contributed by atoms with van der Waals surface area (Å²) in [5.41, 5.74) is -2.14. The molecule has 0 atom stereocenters. The average Bonchev–Trinajstić information content (AvgIpc) is 3.70. The van der Waals surface area contributed by atoms with Crippen LogP contribution < -0.4 is 0 Å². The van der Waals surface area contributed by atoms with Crippen LogP contribution in [0.1, 0.15) is 30.2 Å². The van der Waals surface area contributed by atoms with Gasteiger partial charge in [-0.1, -0.05) is 151 Å². The van der Waals surface area contributed by atoms with Gasteiger partial charge in [-0.2, -0.15) is 0 Å². The third-order valence-corrected chi connectivity index (χ3v) is 7.56. The summed E-state index contributed by atoms with van der Waals surface area (Å²) in [6.07, 6.45) is 0. The zero-order chi connectivity index (χ0) is 48.9. The normalized spacial score (nSPS) is 18.4. The minimum Gasteiger partial charge on any atom is -0.456 e. The fraction of sp³-hybridized carbons (Fsp3) is 0. The van der Waals surface area contributed by atoms with Crippen LogP contribution in [-0.2, 0) is 0 Å². The van der Waals surface area contributed by atoms with Gasteiger partial charge in [-0.05, 0) is 84.2 Å². The van der Waals surface area contributed by atoms with Gasteiger partial charge in [0.25, 0.3) is 0 Å². The molecule has 0 saturated carbocycles. The van der Waals surface area contributed by atoms with Gasteiger partial charge < -0.3 is 4.42 Å². The maximum atomic E-state index is 9.54. The molecule has 45 heavy (non-hydrogen) atoms. The van der Waals surface area contributed by atoms with Gasteiger partial charge in [-0.25, -0.2) is 0 Å². The van der Waals surface area contributed by atoms with Crippen molar-refractivity contribution in [1.82, 2.24) is 0 Å². The summed E-state index contributed by atoms with van der Waals surface area (Å²) in [6, 6.07) is -6.21. The third-order valence-electron chi connectivity index (χ3n) is 7.56. The Bertz CT molecular complexity index is 3660. The standard InChI is InChI=1S/C44H28O/c1-2-12-29(13-3-1)32-14-10-15-33(28-32)43-37-18-6-4-16-35(37)42(36-17-5-7-19-38(36)43)31-26-24-30(25-27-31)34-21-11-23-41-44(34)39-20-8-9-22-40(39)45-41/h1-28H/i1D,2D,3D,4D,5D,6D,7D,8D,9D,10D,11D,12D,13D,14D,15D,18D,19D,20D,21D,22D,23D,28D. The quantitative estimate of drug-likeness (QED) is 0.185. The molecule has 0 aliphatic rings. The summed E-state index contributed by atoms with van der Waals surface area (Å²) < 4.78 is 198. The van der Waals surface area contributed by atoms with Crippen molar-refractivity contribution in [3.05, 3.63) is 169 Å². The fourth-order valence-corrected chi connectivity index (χ4v) is 5.66. The maximum Gasteiger partial charge on any atom is 0.136 e. The van der Waals surface area contributed by atoms with Gasteiger partial charge in [0.05, 0.1) is 30.2 Å². The van der Waals surface area contributed by atoms with Crippen LogP contribution in [-0.4, -0.2) is 0 Å². The molecule has 0 radical (unpaired) electrons. The van der Waals surface area contributed by atoms with Crippen LogP contribution in [0.4, 0.5) is 0 Å². The van der Waals surface area contributed by atoms with Crippen molar-refractivity contribution < 1.29 is 34.6 Å². The monoisotopic (exact) mass is 594 g/mol. The van der Waals surface area contributed by atoms with Gasteiger partial charge in [0.2, 0.25) is 0 Å². The van der Waals surface area contributed by atoms with Crippen LogP contribution in [0.3, 0.4) is 0 Å². The molecule has 1 heterocycles. The SMILES string of the molecule is [2H]c1cc2c(-c3ccc(-c4c([2H])c([2H])c([2H])c5oc6c([2H])c([2H])c([2H])c([2H])c6c45)cc3)c3cc([2H])c([2H])c([2H])c3c(-c3c([2H])c([2H])c([2H])c(-c4c([2H])c([2H])c([2H])c([2H])c4[2H])c3[2H])c2c([2H])c1[2H]. The number of para-hydroxylation sites is 1. The van der Waals surface area contributed by atoms with Crippen molar-refractivity contribution in [3.8, 4) is 44.5 Å². The van der Waals surface area contributed by atoms with E-state index < -0.39 is 150 Å². The predicted molar refractivity (Wildman–Crippen MR) is 190 cm³/mol. The molecule has 0 unspecified atom stereocenters. The molecule has 1 aromatic heterocycles. The van der Waals surface area contributed by atoms with Gasteiger partial charge in [0.1, 0.15) is 11.2 Å².